The maximum absolute atomic E-state index is 8.65. The zero-order valence-corrected chi connectivity index (χ0v) is 10.1. The minimum absolute atomic E-state index is 0.266. The summed E-state index contributed by atoms with van der Waals surface area (Å²) in [4.78, 5) is 4.40. The Balaban J connectivity index is 1.79. The maximum Gasteiger partial charge on any atom is 0.0891 e. The van der Waals surface area contributed by atoms with E-state index in [1.54, 1.807) is 0 Å². The van der Waals surface area contributed by atoms with Crippen LogP contribution in [0.1, 0.15) is 37.1 Å². The van der Waals surface area contributed by atoms with Gasteiger partial charge in [-0.2, -0.15) is 0 Å². The van der Waals surface area contributed by atoms with Crippen LogP contribution in [0.5, 0.6) is 0 Å². The van der Waals surface area contributed by atoms with E-state index in [0.717, 1.165) is 42.8 Å². The van der Waals surface area contributed by atoms with Crippen LogP contribution in [0.3, 0.4) is 0 Å². The minimum atomic E-state index is 0.266. The SMILES string of the molecule is Cc1cccc(COC2CCC(=NO)CC2)n1. The van der Waals surface area contributed by atoms with Crippen molar-refractivity contribution in [3.05, 3.63) is 29.6 Å². The lowest BCUT2D eigenvalue weighted by Crippen LogP contribution is -2.21. The fraction of sp³-hybridized carbons (Fsp3) is 0.538. The third-order valence-electron chi connectivity index (χ3n) is 3.06. The summed E-state index contributed by atoms with van der Waals surface area (Å²) in [6.45, 7) is 2.55. The number of ether oxygens (including phenoxy) is 1. The molecule has 0 radical (unpaired) electrons. The van der Waals surface area contributed by atoms with Gasteiger partial charge >= 0.3 is 0 Å². The van der Waals surface area contributed by atoms with Gasteiger partial charge in [-0.15, -0.1) is 0 Å². The first kappa shape index (κ1) is 12.0. The first-order chi connectivity index (χ1) is 8.28. The molecule has 17 heavy (non-hydrogen) atoms. The van der Waals surface area contributed by atoms with Crippen molar-refractivity contribution in [1.82, 2.24) is 4.98 Å². The molecule has 1 heterocycles. The van der Waals surface area contributed by atoms with Crippen LogP contribution in [0.4, 0.5) is 0 Å². The van der Waals surface area contributed by atoms with Gasteiger partial charge in [0, 0.05) is 5.69 Å². The van der Waals surface area contributed by atoms with Crippen LogP contribution in [-0.4, -0.2) is 22.0 Å². The molecule has 1 fully saturated rings. The Kier molecular flexibility index (Phi) is 4.09. The van der Waals surface area contributed by atoms with Gasteiger partial charge in [-0.25, -0.2) is 0 Å². The van der Waals surface area contributed by atoms with Crippen molar-refractivity contribution < 1.29 is 9.94 Å². The average molecular weight is 234 g/mol. The molecule has 1 aromatic rings. The molecule has 0 aliphatic heterocycles. The monoisotopic (exact) mass is 234 g/mol. The van der Waals surface area contributed by atoms with Crippen LogP contribution in [0.25, 0.3) is 0 Å². The second kappa shape index (κ2) is 5.77. The van der Waals surface area contributed by atoms with Gasteiger partial charge in [-0.05, 0) is 44.7 Å². The molecule has 4 nitrogen and oxygen atoms in total. The van der Waals surface area contributed by atoms with E-state index in [0.29, 0.717) is 6.61 Å². The second-order valence-corrected chi connectivity index (χ2v) is 4.45. The topological polar surface area (TPSA) is 54.7 Å². The molecule has 0 aromatic carbocycles. The molecule has 1 aliphatic carbocycles. The average Bonchev–Trinajstić information content (AvgIpc) is 2.37. The van der Waals surface area contributed by atoms with Gasteiger partial charge in [0.05, 0.1) is 24.1 Å². The highest BCUT2D eigenvalue weighted by atomic mass is 16.5. The minimum Gasteiger partial charge on any atom is -0.411 e. The van der Waals surface area contributed by atoms with E-state index in [4.69, 9.17) is 9.94 Å². The number of nitrogens with zero attached hydrogens (tertiary/aromatic N) is 2. The molecule has 4 heteroatoms. The van der Waals surface area contributed by atoms with Crippen molar-refractivity contribution in [1.29, 1.82) is 0 Å². The second-order valence-electron chi connectivity index (χ2n) is 4.45. The molecule has 2 rings (SSSR count). The van der Waals surface area contributed by atoms with Gasteiger partial charge in [0.1, 0.15) is 0 Å². The predicted molar refractivity (Wildman–Crippen MR) is 65.2 cm³/mol. The lowest BCUT2D eigenvalue weighted by molar-refractivity contribution is 0.0259. The summed E-state index contributed by atoms with van der Waals surface area (Å²) in [7, 11) is 0. The summed E-state index contributed by atoms with van der Waals surface area (Å²) >= 11 is 0. The summed E-state index contributed by atoms with van der Waals surface area (Å²) in [5.41, 5.74) is 2.88. The van der Waals surface area contributed by atoms with E-state index in [1.165, 1.54) is 0 Å². The molecule has 0 atom stereocenters. The van der Waals surface area contributed by atoms with Gasteiger partial charge in [0.2, 0.25) is 0 Å². The Hall–Kier alpha value is -1.42. The van der Waals surface area contributed by atoms with Crippen molar-refractivity contribution in [2.75, 3.05) is 0 Å². The summed E-state index contributed by atoms with van der Waals surface area (Å²) in [6.07, 6.45) is 3.81. The van der Waals surface area contributed by atoms with E-state index in [2.05, 4.69) is 10.1 Å². The summed E-state index contributed by atoms with van der Waals surface area (Å²) in [5.74, 6) is 0. The number of pyridine rings is 1. The largest absolute Gasteiger partial charge is 0.411 e. The quantitative estimate of drug-likeness (QED) is 0.646. The van der Waals surface area contributed by atoms with Gasteiger partial charge in [-0.1, -0.05) is 11.2 Å². The molecule has 1 aromatic heterocycles. The molecular weight excluding hydrogens is 216 g/mol. The highest BCUT2D eigenvalue weighted by molar-refractivity contribution is 5.84. The van der Waals surface area contributed by atoms with Gasteiger partial charge in [0.25, 0.3) is 0 Å². The Morgan fingerprint density at radius 3 is 2.82 bits per heavy atom. The van der Waals surface area contributed by atoms with Crippen molar-refractivity contribution in [2.24, 2.45) is 5.16 Å². The van der Waals surface area contributed by atoms with Crippen LogP contribution in [0.2, 0.25) is 0 Å². The van der Waals surface area contributed by atoms with Crippen LogP contribution in [0, 0.1) is 6.92 Å². The third-order valence-corrected chi connectivity index (χ3v) is 3.06. The molecule has 1 aliphatic rings. The zero-order valence-electron chi connectivity index (χ0n) is 10.1. The van der Waals surface area contributed by atoms with Crippen molar-refractivity contribution in [3.63, 3.8) is 0 Å². The van der Waals surface area contributed by atoms with Gasteiger partial charge in [0.15, 0.2) is 0 Å². The third kappa shape index (κ3) is 3.53. The van der Waals surface area contributed by atoms with Crippen molar-refractivity contribution >= 4 is 5.71 Å². The number of aryl methyl sites for hydroxylation is 1. The molecule has 0 bridgehead atoms. The molecule has 1 saturated carbocycles. The smallest absolute Gasteiger partial charge is 0.0891 e. The highest BCUT2D eigenvalue weighted by Gasteiger charge is 2.18. The number of oxime groups is 1. The molecule has 0 spiro atoms. The van der Waals surface area contributed by atoms with E-state index < -0.39 is 0 Å². The molecule has 0 unspecified atom stereocenters. The summed E-state index contributed by atoms with van der Waals surface area (Å²) < 4.78 is 5.82. The van der Waals surface area contributed by atoms with Crippen LogP contribution in [-0.2, 0) is 11.3 Å². The fourth-order valence-corrected chi connectivity index (χ4v) is 2.07. The van der Waals surface area contributed by atoms with Crippen LogP contribution < -0.4 is 0 Å². The molecular formula is C13H18N2O2. The lowest BCUT2D eigenvalue weighted by Gasteiger charge is -2.22. The zero-order chi connectivity index (χ0) is 12.1. The Labute approximate surface area is 101 Å². The van der Waals surface area contributed by atoms with E-state index in [1.807, 2.05) is 25.1 Å². The van der Waals surface area contributed by atoms with Crippen LogP contribution >= 0.6 is 0 Å². The molecule has 0 amide bonds. The first-order valence-corrected chi connectivity index (χ1v) is 6.02. The number of rotatable bonds is 3. The maximum atomic E-state index is 8.65. The lowest BCUT2D eigenvalue weighted by atomic mass is 9.96. The van der Waals surface area contributed by atoms with E-state index >= 15 is 0 Å². The van der Waals surface area contributed by atoms with E-state index in [-0.39, 0.29) is 6.10 Å². The highest BCUT2D eigenvalue weighted by Crippen LogP contribution is 2.19. The van der Waals surface area contributed by atoms with Gasteiger partial charge in [-0.3, -0.25) is 4.98 Å². The first-order valence-electron chi connectivity index (χ1n) is 6.02. The van der Waals surface area contributed by atoms with Gasteiger partial charge < -0.3 is 9.94 Å². The fourth-order valence-electron chi connectivity index (χ4n) is 2.07. The summed E-state index contributed by atoms with van der Waals surface area (Å²) in [6, 6.07) is 5.96. The summed E-state index contributed by atoms with van der Waals surface area (Å²) in [5, 5.41) is 11.9. The number of hydrogen-bond donors (Lipinski definition) is 1. The normalized spacial score (nSPS) is 20.3. The number of aromatic nitrogens is 1. The van der Waals surface area contributed by atoms with E-state index in [9.17, 15) is 0 Å². The standard InChI is InChI=1S/C13H18N2O2/c1-10-3-2-4-12(14-10)9-17-13-7-5-11(15-16)6-8-13/h2-4,13,16H,5-9H2,1H3. The van der Waals surface area contributed by atoms with Crippen molar-refractivity contribution in [3.8, 4) is 0 Å². The Bertz CT molecular complexity index is 394. The predicted octanol–water partition coefficient (Wildman–Crippen LogP) is 2.68. The number of hydrogen-bond acceptors (Lipinski definition) is 4. The molecule has 0 saturated heterocycles. The van der Waals surface area contributed by atoms with Crippen molar-refractivity contribution in [2.45, 2.75) is 45.3 Å². The molecule has 1 N–H and O–H groups in total. The van der Waals surface area contributed by atoms with Crippen LogP contribution in [0.15, 0.2) is 23.4 Å². The molecule has 92 valence electrons. The Morgan fingerprint density at radius 2 is 2.18 bits per heavy atom. The Morgan fingerprint density at radius 1 is 1.41 bits per heavy atom.